The van der Waals surface area contributed by atoms with Crippen LogP contribution >= 0.6 is 0 Å². The number of benzene rings is 7. The Kier molecular flexibility index (Phi) is 27.2. The predicted octanol–water partition coefficient (Wildman–Crippen LogP) is 25.9. The highest BCUT2D eigenvalue weighted by molar-refractivity contribution is 6.37. The number of halogens is 6. The second kappa shape index (κ2) is 38.1. The molecule has 612 valence electrons. The third kappa shape index (κ3) is 17.4. The number of carbonyl (C=O) groups is 3. The lowest BCUT2D eigenvalue weighted by Gasteiger charge is -2.13. The molecule has 6 aromatic heterocycles. The van der Waals surface area contributed by atoms with Gasteiger partial charge in [-0.3, -0.25) is 14.4 Å². The Balaban J connectivity index is 0.891. The molecular weight excluding hydrogens is 1520 g/mol. The fourth-order valence-corrected chi connectivity index (χ4v) is 17.7. The summed E-state index contributed by atoms with van der Waals surface area (Å²) in [5, 5.41) is 0. The minimum Gasteiger partial charge on any atom is -0.503 e. The van der Waals surface area contributed by atoms with Gasteiger partial charge in [0.2, 0.25) is 17.3 Å². The van der Waals surface area contributed by atoms with Crippen LogP contribution in [0.5, 0.6) is 0 Å². The van der Waals surface area contributed by atoms with Gasteiger partial charge in [-0.1, -0.05) is 247 Å². The molecule has 0 amide bonds. The topological polar surface area (TPSA) is 174 Å². The van der Waals surface area contributed by atoms with Crippen molar-refractivity contribution in [2.45, 2.75) is 160 Å². The molecule has 0 radical (unpaired) electrons. The molecule has 0 aliphatic heterocycles. The van der Waals surface area contributed by atoms with Crippen molar-refractivity contribution in [1.82, 2.24) is 29.9 Å². The molecule has 0 aliphatic rings. The molecule has 120 heavy (non-hydrogen) atoms. The van der Waals surface area contributed by atoms with Gasteiger partial charge in [-0.05, 0) is 229 Å². The minimum atomic E-state index is -3.24. The van der Waals surface area contributed by atoms with Crippen LogP contribution in [0, 0.1) is 0 Å². The van der Waals surface area contributed by atoms with Crippen molar-refractivity contribution >= 4 is 57.0 Å². The van der Waals surface area contributed by atoms with Gasteiger partial charge >= 0.3 is 22.4 Å². The van der Waals surface area contributed by atoms with Crippen molar-refractivity contribution < 1.29 is 54.2 Å². The van der Waals surface area contributed by atoms with E-state index in [-0.39, 0.29) is 34.4 Å². The van der Waals surface area contributed by atoms with Gasteiger partial charge in [-0.25, -0.2) is 25.9 Å². The van der Waals surface area contributed by atoms with Gasteiger partial charge in [0.1, 0.15) is 17.3 Å². The molecule has 6 N–H and O–H groups in total. The van der Waals surface area contributed by atoms with Gasteiger partial charge in [0.05, 0.1) is 34.2 Å². The summed E-state index contributed by atoms with van der Waals surface area (Å²) in [6, 6.07) is 59.4. The number of H-pyrrole nitrogens is 6. The van der Waals surface area contributed by atoms with E-state index in [0.29, 0.717) is 111 Å². The lowest BCUT2D eigenvalue weighted by atomic mass is 9.91. The fraction of sp³-hybridized carbons (Fsp3) is 0.242. The van der Waals surface area contributed by atoms with Crippen LogP contribution in [0.25, 0.3) is 118 Å². The quantitative estimate of drug-likeness (QED) is 0.00750. The summed E-state index contributed by atoms with van der Waals surface area (Å²) in [5.41, 5.74) is 26.6. The van der Waals surface area contributed by atoms with E-state index >= 15 is 0 Å². The van der Waals surface area contributed by atoms with Crippen molar-refractivity contribution in [3.05, 3.63) is 301 Å². The maximum Gasteiger partial charge on any atom is 0.796 e. The molecule has 0 aliphatic carbocycles. The lowest BCUT2D eigenvalue weighted by Crippen LogP contribution is -2.09. The monoisotopic (exact) mass is 1610 g/mol. The zero-order valence-corrected chi connectivity index (χ0v) is 70.0. The van der Waals surface area contributed by atoms with Crippen molar-refractivity contribution in [2.24, 2.45) is 0 Å². The van der Waals surface area contributed by atoms with E-state index in [9.17, 15) is 40.3 Å². The highest BCUT2D eigenvalue weighted by atomic mass is 19.3. The van der Waals surface area contributed by atoms with E-state index in [4.69, 9.17) is 14.0 Å². The van der Waals surface area contributed by atoms with Crippen LogP contribution in [0.3, 0.4) is 0 Å². The minimum absolute atomic E-state index is 0.276. The van der Waals surface area contributed by atoms with Crippen molar-refractivity contribution in [1.29, 1.82) is 0 Å². The highest BCUT2D eigenvalue weighted by Crippen LogP contribution is 2.43. The molecule has 12 nitrogen and oxygen atoms in total. The summed E-state index contributed by atoms with van der Waals surface area (Å²) in [6.45, 7) is 23.8. The number of ketones is 3. The maximum atomic E-state index is 14.8. The van der Waals surface area contributed by atoms with Gasteiger partial charge in [0.15, 0.2) is 0 Å². The molecule has 0 spiro atoms. The van der Waals surface area contributed by atoms with E-state index in [2.05, 4.69) is 48.1 Å². The number of aromatic nitrogens is 6. The Morgan fingerprint density at radius 1 is 0.233 bits per heavy atom. The number of nitrogens with one attached hydrogen (secondary N) is 6. The Labute approximate surface area is 699 Å². The van der Waals surface area contributed by atoms with Crippen LogP contribution < -0.4 is 0 Å². The van der Waals surface area contributed by atoms with Gasteiger partial charge in [0, 0.05) is 52.4 Å². The first-order valence-electron chi connectivity index (χ1n) is 41.9. The summed E-state index contributed by atoms with van der Waals surface area (Å²) in [5.74, 6) is -2.31. The van der Waals surface area contributed by atoms with Gasteiger partial charge < -0.3 is 43.9 Å². The largest absolute Gasteiger partial charge is 0.796 e. The molecule has 0 bridgehead atoms. The van der Waals surface area contributed by atoms with Crippen molar-refractivity contribution in [3.63, 3.8) is 0 Å². The molecule has 0 saturated carbocycles. The second-order valence-electron chi connectivity index (χ2n) is 29.6. The lowest BCUT2D eigenvalue weighted by molar-refractivity contribution is 0.103. The zero-order chi connectivity index (χ0) is 85.2. The van der Waals surface area contributed by atoms with Crippen LogP contribution in [-0.2, 0) is 91.0 Å². The maximum absolute atomic E-state index is 14.8. The van der Waals surface area contributed by atoms with Gasteiger partial charge in [-0.2, -0.15) is 0 Å². The molecule has 0 fully saturated rings. The zero-order valence-electron chi connectivity index (χ0n) is 70.0. The van der Waals surface area contributed by atoms with Crippen LogP contribution in [0.15, 0.2) is 200 Å². The second-order valence-corrected chi connectivity index (χ2v) is 29.6. The Morgan fingerprint density at radius 2 is 0.400 bits per heavy atom. The smallest absolute Gasteiger partial charge is 0.503 e. The molecule has 21 heteroatoms. The SMILES string of the molecule is CCc1c(C(=O)/C=C(\OB(F)F)c2[nH]c(-c3ccc(-c4cc(-c5ccc(-c6[nH]c(/C(=C/C(=O)c7[nH]c(-c8ccccc8)c(CC)c7CC)OB(F)F)c(CC)c6CC)cc5)cc(-c5ccc(-c6[nH]c(/C(=C/C(=O)c7[nH]c(-c8ccccc8)c(CC)c7CC)OB(F)F)c(CC)c6CC)cc5)c4)cc3)c(CC)c2CC)[nH]c(-c2ccccc2)c1CC. The van der Waals surface area contributed by atoms with Crippen LogP contribution in [-0.4, -0.2) is 69.7 Å². The number of allylic oxidation sites excluding steroid dienone is 3. The summed E-state index contributed by atoms with van der Waals surface area (Å²) in [7, 11) is -9.73. The number of carbonyl (C=O) groups excluding carboxylic acids is 3. The first-order valence-corrected chi connectivity index (χ1v) is 41.9. The Hall–Kier alpha value is -12.4. The normalized spacial score (nSPS) is 11.9. The molecule has 0 atom stereocenters. The molecule has 0 saturated heterocycles. The first kappa shape index (κ1) is 85.5. The molecule has 13 rings (SSSR count). The average Bonchev–Trinajstić information content (AvgIpc) is 1.65. The van der Waals surface area contributed by atoms with Crippen molar-refractivity contribution in [2.75, 3.05) is 0 Å². The van der Waals surface area contributed by atoms with Crippen LogP contribution in [0.4, 0.5) is 25.9 Å². The molecule has 0 unspecified atom stereocenters. The molecule has 7 aromatic carbocycles. The Bertz CT molecular complexity index is 5360. The molecular formula is C99H99B3F6N6O6. The number of rotatable bonds is 36. The fourth-order valence-electron chi connectivity index (χ4n) is 17.7. The third-order valence-corrected chi connectivity index (χ3v) is 23.1. The first-order chi connectivity index (χ1) is 58.2. The average molecular weight is 1620 g/mol. The highest BCUT2D eigenvalue weighted by Gasteiger charge is 2.33. The standard InChI is InChI=1S/C99H99B3F6N6O6/c1-13-70-76(19-7)94(109-88(70)61-34-28-25-29-35-61)82(115)55-85(118-100(103)104)97-79(22-10)73(16-4)91(112-97)64-46-40-58(41-47-64)67-52-68(59-42-48-65(49-43-59)92-74(17-5)80(23-11)98(113-92)86(119-101(105)106)56-83(116)95-77(20-8)71(14-2)89(110-95)62-36-30-26-31-37-62)54-69(53-67)60-44-50-66(51-45-60)93-75(18-6)81(24-12)99(114-93)87(120-102(107)108)57-84(117)96-78(21-9)72(15-3)90(111-96)63-38-32-27-33-39-63/h25-57,109-114H,13-24H2,1-12H3/b85-55-,86-56-,87-57-. The number of aromatic amines is 6. The molecule has 6 heterocycles. The van der Waals surface area contributed by atoms with Crippen LogP contribution in [0.1, 0.15) is 198 Å². The van der Waals surface area contributed by atoms with Crippen LogP contribution in [0.2, 0.25) is 0 Å². The molecule has 13 aromatic rings. The Morgan fingerprint density at radius 3 is 0.583 bits per heavy atom. The van der Waals surface area contributed by atoms with E-state index in [1.54, 1.807) is 0 Å². The summed E-state index contributed by atoms with van der Waals surface area (Å²) >= 11 is 0. The number of hydrogen-bond donors (Lipinski definition) is 6. The summed E-state index contributed by atoms with van der Waals surface area (Å²) in [6.07, 6.45) is 9.90. The predicted molar refractivity (Wildman–Crippen MR) is 477 cm³/mol. The van der Waals surface area contributed by atoms with Crippen molar-refractivity contribution in [3.8, 4) is 101 Å². The number of hydrogen-bond acceptors (Lipinski definition) is 6. The summed E-state index contributed by atoms with van der Waals surface area (Å²) in [4.78, 5) is 64.3. The third-order valence-electron chi connectivity index (χ3n) is 23.1. The van der Waals surface area contributed by atoms with E-state index in [0.717, 1.165) is 151 Å². The van der Waals surface area contributed by atoms with Gasteiger partial charge in [0.25, 0.3) is 0 Å². The van der Waals surface area contributed by atoms with E-state index < -0.39 is 39.8 Å². The van der Waals surface area contributed by atoms with Gasteiger partial charge in [-0.15, -0.1) is 0 Å². The summed E-state index contributed by atoms with van der Waals surface area (Å²) < 4.78 is 104. The van der Waals surface area contributed by atoms with E-state index in [1.165, 1.54) is 18.2 Å². The van der Waals surface area contributed by atoms with E-state index in [1.807, 2.05) is 247 Å².